The van der Waals surface area contributed by atoms with Crippen LogP contribution in [0.5, 0.6) is 0 Å². The Morgan fingerprint density at radius 1 is 1.52 bits per heavy atom. The third-order valence-electron chi connectivity index (χ3n) is 4.58. The van der Waals surface area contributed by atoms with Gasteiger partial charge in [-0.25, -0.2) is 15.0 Å². The predicted molar refractivity (Wildman–Crippen MR) is 96.0 cm³/mol. The van der Waals surface area contributed by atoms with Crippen molar-refractivity contribution >= 4 is 33.8 Å². The zero-order chi connectivity index (χ0) is 19.7. The van der Waals surface area contributed by atoms with Crippen LogP contribution in [-0.4, -0.2) is 71.4 Å². The van der Waals surface area contributed by atoms with Gasteiger partial charge in [0.1, 0.15) is 30.1 Å². The highest BCUT2D eigenvalue weighted by Gasteiger charge is 2.45. The molecule has 3 rings (SSSR count). The fourth-order valence-corrected chi connectivity index (χ4v) is 4.54. The van der Waals surface area contributed by atoms with E-state index in [1.165, 1.54) is 12.7 Å². The molecule has 1 fully saturated rings. The van der Waals surface area contributed by atoms with E-state index in [0.717, 1.165) is 0 Å². The molecule has 3 heterocycles. The lowest BCUT2D eigenvalue weighted by Gasteiger charge is -2.21. The third-order valence-corrected chi connectivity index (χ3v) is 6.55. The van der Waals surface area contributed by atoms with Gasteiger partial charge in [-0.1, -0.05) is 0 Å². The van der Waals surface area contributed by atoms with Crippen molar-refractivity contribution in [3.63, 3.8) is 0 Å². The minimum Gasteiger partial charge on any atom is -0.548 e. The van der Waals surface area contributed by atoms with Crippen molar-refractivity contribution in [1.29, 1.82) is 0 Å². The van der Waals surface area contributed by atoms with E-state index < -0.39 is 46.8 Å². The molecule has 0 amide bonds. The molecule has 6 N–H and O–H groups in total. The van der Waals surface area contributed by atoms with Crippen molar-refractivity contribution in [1.82, 2.24) is 19.5 Å². The number of rotatable bonds is 7. The molecular weight excluding hydrogens is 376 g/mol. The highest BCUT2D eigenvalue weighted by atomic mass is 32.2. The van der Waals surface area contributed by atoms with E-state index in [1.54, 1.807) is 10.8 Å². The molecule has 11 nitrogen and oxygen atoms in total. The average molecular weight is 398 g/mol. The summed E-state index contributed by atoms with van der Waals surface area (Å²) in [4.78, 5) is 22.9. The number of aromatic nitrogens is 4. The molecule has 1 aliphatic rings. The van der Waals surface area contributed by atoms with E-state index in [1.807, 2.05) is 0 Å². The summed E-state index contributed by atoms with van der Waals surface area (Å²) in [6, 6.07) is -1.09. The minimum atomic E-state index is -1.33. The van der Waals surface area contributed by atoms with Crippen LogP contribution < -0.4 is 16.6 Å². The zero-order valence-corrected chi connectivity index (χ0v) is 15.5. The first-order chi connectivity index (χ1) is 12.8. The number of anilines is 1. The Kier molecular flexibility index (Phi) is 5.81. The maximum atomic E-state index is 10.7. The second kappa shape index (κ2) is 7.94. The highest BCUT2D eigenvalue weighted by molar-refractivity contribution is 7.96. The van der Waals surface area contributed by atoms with Gasteiger partial charge >= 0.3 is 0 Å². The summed E-state index contributed by atoms with van der Waals surface area (Å²) in [7, 11) is -0.626. The van der Waals surface area contributed by atoms with E-state index in [-0.39, 0.29) is 18.7 Å². The number of ether oxygens (including phenoxy) is 1. The Labute approximate surface area is 157 Å². The smallest absolute Gasteiger partial charge is 0.244 e. The quantitative estimate of drug-likeness (QED) is 0.352. The molecule has 12 heteroatoms. The maximum absolute atomic E-state index is 10.7. The summed E-state index contributed by atoms with van der Waals surface area (Å²) in [5.74, 6) is -0.703. The molecule has 2 unspecified atom stereocenters. The molecule has 0 aromatic carbocycles. The van der Waals surface area contributed by atoms with Crippen molar-refractivity contribution in [2.24, 2.45) is 5.73 Å². The highest BCUT2D eigenvalue weighted by Crippen LogP contribution is 2.34. The normalized spacial score (nSPS) is 26.1. The fraction of sp³-hybridized carbons (Fsp3) is 0.600. The number of nitrogen functional groups attached to an aromatic ring is 1. The molecule has 0 spiro atoms. The lowest BCUT2D eigenvalue weighted by Crippen LogP contribution is -2.45. The molecule has 1 saturated heterocycles. The standard InChI is InChI=1S/C15H22N6O5S/c1-27(3-2-7(16)14(23)24)15(25)11-8(22)4-9(26-11)21-6-20-10-12(17)18-5-19-13(10)21/h5-9,11,15,22,25H,2-4,16H2,1H3,(H2-,17,18,19,23,24)/t7?,8-,9+,11-,15+,27?/m0/s1. The van der Waals surface area contributed by atoms with Gasteiger partial charge in [-0.15, -0.1) is 0 Å². The van der Waals surface area contributed by atoms with Gasteiger partial charge in [0.15, 0.2) is 17.6 Å². The van der Waals surface area contributed by atoms with Gasteiger partial charge < -0.3 is 36.3 Å². The van der Waals surface area contributed by atoms with Crippen LogP contribution in [0.2, 0.25) is 0 Å². The largest absolute Gasteiger partial charge is 0.548 e. The molecular formula is C15H22N6O5S. The number of aliphatic hydroxyl groups is 2. The number of aliphatic hydroxyl groups excluding tert-OH is 2. The Morgan fingerprint density at radius 3 is 2.96 bits per heavy atom. The van der Waals surface area contributed by atoms with Gasteiger partial charge in [-0.3, -0.25) is 4.57 Å². The Hall–Kier alpha value is -1.99. The summed E-state index contributed by atoms with van der Waals surface area (Å²) in [6.07, 6.45) is 2.73. The topological polar surface area (TPSA) is 185 Å². The number of aliphatic carboxylic acids is 1. The molecule has 27 heavy (non-hydrogen) atoms. The van der Waals surface area contributed by atoms with Crippen LogP contribution in [0.25, 0.3) is 11.2 Å². The van der Waals surface area contributed by atoms with Gasteiger partial charge in [0, 0.05) is 29.8 Å². The molecule has 0 radical (unpaired) electrons. The summed E-state index contributed by atoms with van der Waals surface area (Å²) in [6.45, 7) is 0. The van der Waals surface area contributed by atoms with Crippen LogP contribution in [0.1, 0.15) is 19.1 Å². The van der Waals surface area contributed by atoms with E-state index >= 15 is 0 Å². The molecule has 0 bridgehead atoms. The van der Waals surface area contributed by atoms with E-state index in [2.05, 4.69) is 15.0 Å². The van der Waals surface area contributed by atoms with Crippen LogP contribution in [-0.2, 0) is 20.4 Å². The zero-order valence-electron chi connectivity index (χ0n) is 14.6. The minimum absolute atomic E-state index is 0.174. The molecule has 1 aliphatic heterocycles. The van der Waals surface area contributed by atoms with Gasteiger partial charge in [0.25, 0.3) is 0 Å². The number of nitrogens with two attached hydrogens (primary N) is 2. The predicted octanol–water partition coefficient (Wildman–Crippen LogP) is -2.91. The van der Waals surface area contributed by atoms with Crippen LogP contribution in [0.15, 0.2) is 12.7 Å². The summed E-state index contributed by atoms with van der Waals surface area (Å²) >= 11 is 0. The lowest BCUT2D eigenvalue weighted by atomic mass is 10.2. The van der Waals surface area contributed by atoms with Crippen LogP contribution in [0.4, 0.5) is 5.82 Å². The first kappa shape index (κ1) is 19.8. The fourth-order valence-electron chi connectivity index (χ4n) is 2.97. The van der Waals surface area contributed by atoms with Crippen molar-refractivity contribution < 1.29 is 24.9 Å². The van der Waals surface area contributed by atoms with Gasteiger partial charge in [-0.05, 0) is 0 Å². The van der Waals surface area contributed by atoms with Crippen molar-refractivity contribution in [3.05, 3.63) is 12.7 Å². The first-order valence-corrected chi connectivity index (χ1v) is 10.2. The Morgan fingerprint density at radius 2 is 2.26 bits per heavy atom. The van der Waals surface area contributed by atoms with E-state index in [4.69, 9.17) is 16.2 Å². The molecule has 0 saturated carbocycles. The molecule has 2 aromatic heterocycles. The number of imidazole rings is 1. The second-order valence-corrected chi connectivity index (χ2v) is 8.71. The third kappa shape index (κ3) is 3.99. The number of fused-ring (bicyclic) bond motifs is 1. The summed E-state index contributed by atoms with van der Waals surface area (Å²) in [5.41, 5.74) is 11.2. The van der Waals surface area contributed by atoms with Crippen LogP contribution in [0.3, 0.4) is 0 Å². The monoisotopic (exact) mass is 398 g/mol. The van der Waals surface area contributed by atoms with Gasteiger partial charge in [-0.2, -0.15) is 0 Å². The van der Waals surface area contributed by atoms with E-state index in [0.29, 0.717) is 16.9 Å². The number of carboxylic acids is 1. The van der Waals surface area contributed by atoms with Crippen LogP contribution >= 0.6 is 0 Å². The lowest BCUT2D eigenvalue weighted by molar-refractivity contribution is -0.307. The molecule has 0 aliphatic carbocycles. The number of carbonyl (C=O) groups is 1. The number of hydrogen-bond donors (Lipinski definition) is 4. The molecule has 2 aromatic rings. The first-order valence-electron chi connectivity index (χ1n) is 8.32. The maximum Gasteiger partial charge on any atom is 0.244 e. The molecule has 6 atom stereocenters. The van der Waals surface area contributed by atoms with Crippen molar-refractivity contribution in [2.75, 3.05) is 17.7 Å². The summed E-state index contributed by atoms with van der Waals surface area (Å²) < 4.78 is 7.51. The number of carbonyl (C=O) groups excluding carboxylic acids is 1. The van der Waals surface area contributed by atoms with Crippen molar-refractivity contribution in [2.45, 2.75) is 42.8 Å². The number of carboxylic acid groups (broad SMARTS) is 1. The second-order valence-electron chi connectivity index (χ2n) is 6.44. The average Bonchev–Trinajstić information content (AvgIpc) is 3.22. The Bertz CT molecular complexity index is 819. The Balaban J connectivity index is 1.68. The number of hydrogen-bond acceptors (Lipinski definition) is 10. The summed E-state index contributed by atoms with van der Waals surface area (Å²) in [5, 5.41) is 31.6. The molecule has 148 valence electrons. The van der Waals surface area contributed by atoms with Gasteiger partial charge in [0.2, 0.25) is 5.44 Å². The SMILES string of the molecule is C[S+](CCC(N)C(=O)[O-])[C@@H](O)[C@H]1O[C@@H](n2cnc3c(N)ncnc32)C[C@@H]1O. The van der Waals surface area contributed by atoms with Gasteiger partial charge in [0.05, 0.1) is 18.4 Å². The van der Waals surface area contributed by atoms with Crippen LogP contribution in [0, 0.1) is 0 Å². The van der Waals surface area contributed by atoms with E-state index in [9.17, 15) is 20.1 Å². The number of nitrogens with zero attached hydrogens (tertiary/aromatic N) is 4. The van der Waals surface area contributed by atoms with Crippen molar-refractivity contribution in [3.8, 4) is 0 Å².